The van der Waals surface area contributed by atoms with E-state index >= 15 is 0 Å². The van der Waals surface area contributed by atoms with Crippen molar-refractivity contribution < 1.29 is 9.90 Å². The van der Waals surface area contributed by atoms with Crippen molar-refractivity contribution in [3.05, 3.63) is 17.5 Å². The predicted molar refractivity (Wildman–Crippen MR) is 95.1 cm³/mol. The maximum absolute atomic E-state index is 11.5. The van der Waals surface area contributed by atoms with E-state index in [0.717, 1.165) is 32.5 Å². The monoisotopic (exact) mass is 356 g/mol. The minimum Gasteiger partial charge on any atom is -0.387 e. The highest BCUT2D eigenvalue weighted by atomic mass is 35.5. The van der Waals surface area contributed by atoms with Crippen molar-refractivity contribution in [1.82, 2.24) is 20.0 Å². The molecular weight excluding hydrogens is 328 g/mol. The molecule has 1 saturated heterocycles. The fourth-order valence-corrected chi connectivity index (χ4v) is 3.91. The van der Waals surface area contributed by atoms with Crippen molar-refractivity contribution in [3.63, 3.8) is 0 Å². The number of aliphatic hydroxyl groups excluding tert-OH is 1. The van der Waals surface area contributed by atoms with E-state index in [4.69, 9.17) is 5.11 Å². The van der Waals surface area contributed by atoms with Gasteiger partial charge in [0.2, 0.25) is 5.91 Å². The van der Waals surface area contributed by atoms with Gasteiger partial charge < -0.3 is 10.4 Å². The summed E-state index contributed by atoms with van der Waals surface area (Å²) in [6.07, 6.45) is 6.78. The number of aliphatic hydroxyl groups is 1. The van der Waals surface area contributed by atoms with Gasteiger partial charge in [-0.15, -0.1) is 12.4 Å². The first-order valence-electron chi connectivity index (χ1n) is 8.75. The number of carbonyl (C=O) groups is 1. The molecule has 1 aliphatic heterocycles. The summed E-state index contributed by atoms with van der Waals surface area (Å²) in [5.74, 6) is 0.894. The van der Waals surface area contributed by atoms with Crippen LogP contribution in [0.4, 0.5) is 0 Å². The second-order valence-electron chi connectivity index (χ2n) is 7.03. The summed E-state index contributed by atoms with van der Waals surface area (Å²) in [4.78, 5) is 14.0. The molecule has 1 saturated carbocycles. The molecule has 2 N–H and O–H groups in total. The van der Waals surface area contributed by atoms with Gasteiger partial charge in [-0.05, 0) is 25.2 Å². The van der Waals surface area contributed by atoms with Crippen molar-refractivity contribution in [1.29, 1.82) is 0 Å². The third-order valence-electron chi connectivity index (χ3n) is 5.09. The molecular formula is C17H29ClN4O2. The Kier molecular flexibility index (Phi) is 6.66. The topological polar surface area (TPSA) is 70.4 Å². The van der Waals surface area contributed by atoms with Crippen molar-refractivity contribution >= 4 is 18.3 Å². The lowest BCUT2D eigenvalue weighted by molar-refractivity contribution is -0.124. The highest BCUT2D eigenvalue weighted by Gasteiger charge is 2.35. The van der Waals surface area contributed by atoms with Crippen LogP contribution in [0.15, 0.2) is 6.20 Å². The standard InChI is InChI=1S/C17H28N4O2.ClH/c1-3-4-13-8-21(10-15(13)19-16(23)11-22)9-14-7-18-20(2)17(14)12-5-6-12;/h7,12-13,15,22H,3-6,8-11H2,1-2H3,(H,19,23);1H/t13-,15-;/m0./s1. The highest BCUT2D eigenvalue weighted by molar-refractivity contribution is 5.85. The number of amides is 1. The Balaban J connectivity index is 0.00000208. The lowest BCUT2D eigenvalue weighted by Gasteiger charge is -2.18. The number of rotatable bonds is 7. The molecule has 6 nitrogen and oxygen atoms in total. The van der Waals surface area contributed by atoms with E-state index in [-0.39, 0.29) is 24.4 Å². The first-order valence-corrected chi connectivity index (χ1v) is 8.75. The first-order chi connectivity index (χ1) is 11.1. The molecule has 0 spiro atoms. The van der Waals surface area contributed by atoms with Crippen LogP contribution in [0.2, 0.25) is 0 Å². The van der Waals surface area contributed by atoms with Gasteiger partial charge in [0.05, 0.1) is 6.20 Å². The number of carbonyl (C=O) groups excluding carboxylic acids is 1. The molecule has 1 aromatic heterocycles. The van der Waals surface area contributed by atoms with Gasteiger partial charge in [0, 0.05) is 49.9 Å². The first kappa shape index (κ1) is 19.2. The van der Waals surface area contributed by atoms with Gasteiger partial charge in [0.25, 0.3) is 0 Å². The highest BCUT2D eigenvalue weighted by Crippen LogP contribution is 2.41. The number of likely N-dealkylation sites (tertiary alicyclic amines) is 1. The summed E-state index contributed by atoms with van der Waals surface area (Å²) in [6.45, 7) is 4.52. The third kappa shape index (κ3) is 4.29. The lowest BCUT2D eigenvalue weighted by Crippen LogP contribution is -2.41. The summed E-state index contributed by atoms with van der Waals surface area (Å²) in [6, 6.07) is 0.149. The summed E-state index contributed by atoms with van der Waals surface area (Å²) >= 11 is 0. The Morgan fingerprint density at radius 1 is 1.42 bits per heavy atom. The minimum absolute atomic E-state index is 0. The largest absolute Gasteiger partial charge is 0.387 e. The van der Waals surface area contributed by atoms with E-state index in [1.165, 1.54) is 24.1 Å². The van der Waals surface area contributed by atoms with Crippen LogP contribution < -0.4 is 5.32 Å². The number of hydrogen-bond donors (Lipinski definition) is 2. The smallest absolute Gasteiger partial charge is 0.245 e. The molecule has 2 fully saturated rings. The number of aryl methyl sites for hydroxylation is 1. The Morgan fingerprint density at radius 2 is 2.17 bits per heavy atom. The Morgan fingerprint density at radius 3 is 2.79 bits per heavy atom. The van der Waals surface area contributed by atoms with Gasteiger partial charge >= 0.3 is 0 Å². The number of halogens is 1. The SMILES string of the molecule is CCC[C@H]1CN(Cc2cnn(C)c2C2CC2)C[C@@H]1NC(=O)CO.Cl. The van der Waals surface area contributed by atoms with Crippen LogP contribution >= 0.6 is 12.4 Å². The summed E-state index contributed by atoms with van der Waals surface area (Å²) < 4.78 is 2.03. The summed E-state index contributed by atoms with van der Waals surface area (Å²) in [5, 5.41) is 16.4. The van der Waals surface area contributed by atoms with Gasteiger partial charge in [-0.1, -0.05) is 13.3 Å². The van der Waals surface area contributed by atoms with Crippen LogP contribution in [0.5, 0.6) is 0 Å². The van der Waals surface area contributed by atoms with Crippen LogP contribution in [-0.2, 0) is 18.4 Å². The molecule has 1 aromatic rings. The summed E-state index contributed by atoms with van der Waals surface area (Å²) in [5.41, 5.74) is 2.72. The van der Waals surface area contributed by atoms with E-state index < -0.39 is 6.61 Å². The summed E-state index contributed by atoms with van der Waals surface area (Å²) in [7, 11) is 2.03. The van der Waals surface area contributed by atoms with E-state index in [9.17, 15) is 4.79 Å². The van der Waals surface area contributed by atoms with Crippen LogP contribution in [0.1, 0.15) is 49.8 Å². The Hall–Kier alpha value is -1.11. The molecule has 2 atom stereocenters. The minimum atomic E-state index is -0.427. The molecule has 1 amide bonds. The maximum Gasteiger partial charge on any atom is 0.245 e. The maximum atomic E-state index is 11.5. The van der Waals surface area contributed by atoms with Crippen molar-refractivity contribution in [2.24, 2.45) is 13.0 Å². The average molecular weight is 357 g/mol. The molecule has 24 heavy (non-hydrogen) atoms. The number of hydrogen-bond acceptors (Lipinski definition) is 4. The van der Waals surface area contributed by atoms with Crippen molar-refractivity contribution in [2.45, 2.75) is 51.1 Å². The zero-order valence-corrected chi connectivity index (χ0v) is 15.4. The molecule has 2 heterocycles. The zero-order chi connectivity index (χ0) is 16.4. The molecule has 136 valence electrons. The molecule has 0 aromatic carbocycles. The number of nitrogens with one attached hydrogen (secondary N) is 1. The van der Waals surface area contributed by atoms with Gasteiger partial charge in [-0.2, -0.15) is 5.10 Å². The van der Waals surface area contributed by atoms with Gasteiger partial charge in [-0.25, -0.2) is 0 Å². The van der Waals surface area contributed by atoms with Gasteiger partial charge in [0.15, 0.2) is 0 Å². The second kappa shape index (κ2) is 8.32. The normalized spacial score (nSPS) is 24.0. The number of aromatic nitrogens is 2. The zero-order valence-electron chi connectivity index (χ0n) is 14.6. The van der Waals surface area contributed by atoms with E-state index in [1.807, 2.05) is 17.9 Å². The predicted octanol–water partition coefficient (Wildman–Crippen LogP) is 1.43. The lowest BCUT2D eigenvalue weighted by atomic mass is 9.98. The second-order valence-corrected chi connectivity index (χ2v) is 7.03. The number of nitrogens with zero attached hydrogens (tertiary/aromatic N) is 3. The van der Waals surface area contributed by atoms with Crippen molar-refractivity contribution in [3.8, 4) is 0 Å². The molecule has 7 heteroatoms. The van der Waals surface area contributed by atoms with Crippen LogP contribution in [0.25, 0.3) is 0 Å². The molecule has 0 bridgehead atoms. The molecule has 1 aliphatic carbocycles. The molecule has 0 unspecified atom stereocenters. The van der Waals surface area contributed by atoms with E-state index in [2.05, 4.69) is 22.2 Å². The van der Waals surface area contributed by atoms with E-state index in [0.29, 0.717) is 11.8 Å². The van der Waals surface area contributed by atoms with Crippen molar-refractivity contribution in [2.75, 3.05) is 19.7 Å². The van der Waals surface area contributed by atoms with E-state index in [1.54, 1.807) is 0 Å². The third-order valence-corrected chi connectivity index (χ3v) is 5.09. The molecule has 2 aliphatic rings. The Labute approximate surface area is 150 Å². The van der Waals surface area contributed by atoms with Crippen LogP contribution in [-0.4, -0.2) is 51.4 Å². The van der Waals surface area contributed by atoms with Crippen LogP contribution in [0, 0.1) is 5.92 Å². The van der Waals surface area contributed by atoms with Gasteiger partial charge in [-0.3, -0.25) is 14.4 Å². The quantitative estimate of drug-likeness (QED) is 0.775. The molecule has 0 radical (unpaired) electrons. The molecule has 3 rings (SSSR count). The Bertz CT molecular complexity index is 559. The van der Waals surface area contributed by atoms with Gasteiger partial charge in [0.1, 0.15) is 6.61 Å². The average Bonchev–Trinajstić information content (AvgIpc) is 3.20. The van der Waals surface area contributed by atoms with Crippen LogP contribution in [0.3, 0.4) is 0 Å². The fourth-order valence-electron chi connectivity index (χ4n) is 3.91. The fraction of sp³-hybridized carbons (Fsp3) is 0.765.